The van der Waals surface area contributed by atoms with Crippen molar-refractivity contribution < 1.29 is 27.4 Å². The molecule has 178 valence electrons. The lowest BCUT2D eigenvalue weighted by Gasteiger charge is -2.39. The number of morpholine rings is 1. The lowest BCUT2D eigenvalue weighted by atomic mass is 10.0. The first-order chi connectivity index (χ1) is 16.2. The van der Waals surface area contributed by atoms with Gasteiger partial charge in [0.15, 0.2) is 17.4 Å². The molecule has 0 unspecified atom stereocenters. The van der Waals surface area contributed by atoms with Crippen LogP contribution in [0.3, 0.4) is 0 Å². The quantitative estimate of drug-likeness (QED) is 0.528. The van der Waals surface area contributed by atoms with E-state index in [1.165, 1.54) is 12.1 Å². The molecule has 0 saturated carbocycles. The van der Waals surface area contributed by atoms with Crippen LogP contribution in [-0.4, -0.2) is 34.8 Å². The van der Waals surface area contributed by atoms with Crippen molar-refractivity contribution >= 4 is 17.4 Å². The van der Waals surface area contributed by atoms with Crippen molar-refractivity contribution in [1.82, 2.24) is 9.55 Å². The molecular formula is C23H19ClF3N3O4. The third kappa shape index (κ3) is 4.07. The Bertz CT molecular complexity index is 1310. The van der Waals surface area contributed by atoms with Crippen LogP contribution in [0, 0.1) is 17.5 Å². The number of nitrogens with zero attached hydrogens (tertiary/aromatic N) is 3. The molecule has 34 heavy (non-hydrogen) atoms. The highest BCUT2D eigenvalue weighted by atomic mass is 35.5. The minimum atomic E-state index is -1.000. The highest BCUT2D eigenvalue weighted by molar-refractivity contribution is 6.30. The molecule has 3 heterocycles. The van der Waals surface area contributed by atoms with Crippen molar-refractivity contribution in [2.75, 3.05) is 24.7 Å². The van der Waals surface area contributed by atoms with Gasteiger partial charge in [-0.1, -0.05) is 11.6 Å². The summed E-state index contributed by atoms with van der Waals surface area (Å²) in [4.78, 5) is 18.6. The summed E-state index contributed by atoms with van der Waals surface area (Å²) in [5, 5.41) is -0.140. The molecule has 11 heteroatoms. The number of fused-ring (bicyclic) bond motifs is 3. The van der Waals surface area contributed by atoms with Gasteiger partial charge in [0, 0.05) is 18.7 Å². The molecule has 1 atom stereocenters. The fourth-order valence-corrected chi connectivity index (χ4v) is 4.30. The number of anilines is 1. The molecule has 1 fully saturated rings. The monoisotopic (exact) mass is 493 g/mol. The Morgan fingerprint density at radius 3 is 2.65 bits per heavy atom. The summed E-state index contributed by atoms with van der Waals surface area (Å²) in [6, 6.07) is 7.13. The maximum Gasteiger partial charge on any atom is 0.352 e. The molecule has 1 saturated heterocycles. The third-order valence-corrected chi connectivity index (χ3v) is 6.13. The van der Waals surface area contributed by atoms with Gasteiger partial charge in [0.2, 0.25) is 5.88 Å². The fraction of sp³-hybridized carbons (Fsp3) is 0.304. The van der Waals surface area contributed by atoms with Crippen LogP contribution in [0.15, 0.2) is 41.2 Å². The van der Waals surface area contributed by atoms with Crippen molar-refractivity contribution in [3.8, 4) is 17.4 Å². The SMILES string of the molecule is C[C@@]12COCCN1c1cc(OCc3cc(F)c(Oc4ccc(Cl)c(F)c4)c(F)c3)nc(=O)n1C2. The van der Waals surface area contributed by atoms with E-state index in [0.29, 0.717) is 32.1 Å². The molecule has 0 radical (unpaired) electrons. The van der Waals surface area contributed by atoms with Crippen LogP contribution in [0.1, 0.15) is 12.5 Å². The van der Waals surface area contributed by atoms with Crippen LogP contribution in [0.4, 0.5) is 19.0 Å². The molecule has 0 bridgehead atoms. The van der Waals surface area contributed by atoms with Gasteiger partial charge in [0.05, 0.1) is 30.3 Å². The second kappa shape index (κ2) is 8.52. The van der Waals surface area contributed by atoms with Crippen LogP contribution >= 0.6 is 11.6 Å². The first-order valence-electron chi connectivity index (χ1n) is 10.4. The lowest BCUT2D eigenvalue weighted by Crippen LogP contribution is -2.53. The Morgan fingerprint density at radius 1 is 1.15 bits per heavy atom. The number of aromatic nitrogens is 2. The number of benzene rings is 2. The Morgan fingerprint density at radius 2 is 1.91 bits per heavy atom. The zero-order valence-corrected chi connectivity index (χ0v) is 18.7. The smallest absolute Gasteiger partial charge is 0.352 e. The predicted molar refractivity (Wildman–Crippen MR) is 117 cm³/mol. The summed E-state index contributed by atoms with van der Waals surface area (Å²) in [5.74, 6) is -2.87. The number of halogens is 4. The molecule has 1 aromatic heterocycles. The van der Waals surface area contributed by atoms with E-state index in [2.05, 4.69) is 9.88 Å². The van der Waals surface area contributed by atoms with Crippen LogP contribution in [0.2, 0.25) is 5.02 Å². The number of ether oxygens (including phenoxy) is 3. The largest absolute Gasteiger partial charge is 0.473 e. The van der Waals surface area contributed by atoms with Crippen molar-refractivity contribution in [3.63, 3.8) is 0 Å². The van der Waals surface area contributed by atoms with Gasteiger partial charge in [-0.3, -0.25) is 4.57 Å². The molecule has 0 N–H and O–H groups in total. The van der Waals surface area contributed by atoms with Gasteiger partial charge in [-0.2, -0.15) is 4.98 Å². The summed E-state index contributed by atoms with van der Waals surface area (Å²) in [6.45, 7) is 3.86. The van der Waals surface area contributed by atoms with Crippen LogP contribution < -0.4 is 20.1 Å². The fourth-order valence-electron chi connectivity index (χ4n) is 4.19. The molecule has 3 aromatic rings. The second-order valence-corrected chi connectivity index (χ2v) is 8.78. The van der Waals surface area contributed by atoms with Gasteiger partial charge in [-0.15, -0.1) is 0 Å². The lowest BCUT2D eigenvalue weighted by molar-refractivity contribution is 0.0586. The molecule has 5 rings (SSSR count). The average Bonchev–Trinajstić information content (AvgIpc) is 3.10. The van der Waals surface area contributed by atoms with Gasteiger partial charge in [0.25, 0.3) is 0 Å². The van der Waals surface area contributed by atoms with E-state index in [1.807, 2.05) is 6.92 Å². The summed E-state index contributed by atoms with van der Waals surface area (Å²) in [7, 11) is 0. The normalized spacial score (nSPS) is 19.0. The van der Waals surface area contributed by atoms with E-state index in [4.69, 9.17) is 25.8 Å². The van der Waals surface area contributed by atoms with Crippen LogP contribution in [0.25, 0.3) is 0 Å². The van der Waals surface area contributed by atoms with Crippen molar-refractivity contribution in [2.24, 2.45) is 0 Å². The van der Waals surface area contributed by atoms with Crippen molar-refractivity contribution in [2.45, 2.75) is 25.6 Å². The van der Waals surface area contributed by atoms with Gasteiger partial charge in [-0.25, -0.2) is 18.0 Å². The van der Waals surface area contributed by atoms with Crippen molar-refractivity contribution in [1.29, 1.82) is 0 Å². The van der Waals surface area contributed by atoms with E-state index < -0.39 is 28.9 Å². The maximum atomic E-state index is 14.5. The zero-order chi connectivity index (χ0) is 24.0. The molecule has 0 amide bonds. The van der Waals surface area contributed by atoms with Crippen LogP contribution in [0.5, 0.6) is 17.4 Å². The van der Waals surface area contributed by atoms with Crippen LogP contribution in [-0.2, 0) is 17.9 Å². The molecule has 7 nitrogen and oxygen atoms in total. The van der Waals surface area contributed by atoms with Gasteiger partial charge < -0.3 is 19.1 Å². The predicted octanol–water partition coefficient (Wildman–Crippen LogP) is 4.29. The Labute approximate surface area is 197 Å². The van der Waals surface area contributed by atoms with E-state index in [9.17, 15) is 18.0 Å². The minimum Gasteiger partial charge on any atom is -0.473 e. The maximum absolute atomic E-state index is 14.5. The summed E-state index contributed by atoms with van der Waals surface area (Å²) in [5.41, 5.74) is -0.664. The minimum absolute atomic E-state index is 0.0461. The van der Waals surface area contributed by atoms with E-state index in [0.717, 1.165) is 18.2 Å². The first kappa shape index (κ1) is 22.5. The van der Waals surface area contributed by atoms with Crippen molar-refractivity contribution in [3.05, 3.63) is 74.9 Å². The highest BCUT2D eigenvalue weighted by Crippen LogP contribution is 2.36. The standard InChI is InChI=1S/C23H19ClF3N3O4/c1-23-11-29-20(30(23)4-5-32-12-23)9-19(28-22(29)31)33-10-13-6-17(26)21(18(27)7-13)34-14-2-3-15(24)16(25)8-14/h2-3,6-9H,4-5,10-12H2,1H3/t23-/m1/s1. The van der Waals surface area contributed by atoms with E-state index in [1.54, 1.807) is 10.6 Å². The van der Waals surface area contributed by atoms with E-state index in [-0.39, 0.29) is 34.4 Å². The molecular weight excluding hydrogens is 475 g/mol. The number of hydrogen-bond acceptors (Lipinski definition) is 6. The Balaban J connectivity index is 1.33. The Kier molecular flexibility index (Phi) is 5.65. The summed E-state index contributed by atoms with van der Waals surface area (Å²) >= 11 is 5.61. The molecule has 2 aliphatic rings. The number of hydrogen-bond donors (Lipinski definition) is 0. The third-order valence-electron chi connectivity index (χ3n) is 5.82. The highest BCUT2D eigenvalue weighted by Gasteiger charge is 2.43. The summed E-state index contributed by atoms with van der Waals surface area (Å²) in [6.07, 6.45) is 0. The summed E-state index contributed by atoms with van der Waals surface area (Å²) < 4.78 is 60.5. The molecule has 2 aromatic carbocycles. The van der Waals surface area contributed by atoms with Gasteiger partial charge >= 0.3 is 5.69 Å². The van der Waals surface area contributed by atoms with Gasteiger partial charge in [0.1, 0.15) is 24.0 Å². The zero-order valence-electron chi connectivity index (χ0n) is 18.0. The van der Waals surface area contributed by atoms with Gasteiger partial charge in [-0.05, 0) is 36.8 Å². The molecule has 2 aliphatic heterocycles. The first-order valence-corrected chi connectivity index (χ1v) is 10.8. The Hall–Kier alpha value is -3.24. The van der Waals surface area contributed by atoms with E-state index >= 15 is 0 Å². The average molecular weight is 494 g/mol. The topological polar surface area (TPSA) is 65.8 Å². The molecule has 0 aliphatic carbocycles. The number of rotatable bonds is 5. The molecule has 0 spiro atoms. The second-order valence-electron chi connectivity index (χ2n) is 8.38.